The molecule has 2 rings (SSSR count). The van der Waals surface area contributed by atoms with Gasteiger partial charge in [-0.15, -0.1) is 24.2 Å². The van der Waals surface area contributed by atoms with Gasteiger partial charge in [0.2, 0.25) is 5.91 Å². The highest BCUT2D eigenvalue weighted by Gasteiger charge is 2.30. The number of halogens is 1. The van der Waals surface area contributed by atoms with Crippen molar-refractivity contribution in [3.8, 4) is 0 Å². The van der Waals surface area contributed by atoms with Crippen LogP contribution < -0.4 is 5.32 Å². The molecule has 1 aromatic rings. The number of benzene rings is 1. The van der Waals surface area contributed by atoms with Crippen LogP contribution >= 0.6 is 24.2 Å². The monoisotopic (exact) mass is 358 g/mol. The molecule has 23 heavy (non-hydrogen) atoms. The van der Waals surface area contributed by atoms with Crippen LogP contribution in [-0.4, -0.2) is 47.3 Å². The van der Waals surface area contributed by atoms with E-state index in [0.717, 1.165) is 23.5 Å². The quantitative estimate of drug-likeness (QED) is 0.792. The van der Waals surface area contributed by atoms with E-state index >= 15 is 0 Å². The topological polar surface area (TPSA) is 69.6 Å². The van der Waals surface area contributed by atoms with Crippen LogP contribution in [0.4, 0.5) is 5.69 Å². The molecule has 0 saturated carbocycles. The van der Waals surface area contributed by atoms with Gasteiger partial charge in [-0.3, -0.25) is 14.5 Å². The Balaban J connectivity index is 0.00000264. The summed E-state index contributed by atoms with van der Waals surface area (Å²) < 4.78 is 0. The Kier molecular flexibility index (Phi) is 7.88. The van der Waals surface area contributed by atoms with Gasteiger partial charge < -0.3 is 10.4 Å². The number of nitrogens with one attached hydrogen (secondary N) is 1. The fourth-order valence-corrected chi connectivity index (χ4v) is 3.26. The maximum atomic E-state index is 12.4. The fraction of sp³-hybridized carbons (Fsp3) is 0.500. The average molecular weight is 359 g/mol. The van der Waals surface area contributed by atoms with Crippen molar-refractivity contribution in [3.63, 3.8) is 0 Å². The molecule has 5 nitrogen and oxygen atoms in total. The lowest BCUT2D eigenvalue weighted by Crippen LogP contribution is -2.48. The molecule has 2 unspecified atom stereocenters. The number of carboxylic acids is 1. The van der Waals surface area contributed by atoms with Crippen LogP contribution in [0.2, 0.25) is 0 Å². The lowest BCUT2D eigenvalue weighted by molar-refractivity contribution is -0.144. The van der Waals surface area contributed by atoms with E-state index in [4.69, 9.17) is 5.11 Å². The summed E-state index contributed by atoms with van der Waals surface area (Å²) in [7, 11) is 0. The molecule has 0 spiro atoms. The molecule has 1 aromatic carbocycles. The van der Waals surface area contributed by atoms with Crippen LogP contribution in [0.1, 0.15) is 19.8 Å². The van der Waals surface area contributed by atoms with Crippen LogP contribution in [0.3, 0.4) is 0 Å². The van der Waals surface area contributed by atoms with E-state index in [9.17, 15) is 9.59 Å². The molecular weight excluding hydrogens is 336 g/mol. The Labute approximate surface area is 147 Å². The number of thioether (sulfide) groups is 1. The first-order chi connectivity index (χ1) is 10.5. The number of rotatable bonds is 5. The number of hydrogen-bond acceptors (Lipinski definition) is 4. The zero-order valence-corrected chi connectivity index (χ0v) is 15.0. The van der Waals surface area contributed by atoms with Crippen molar-refractivity contribution in [2.24, 2.45) is 5.92 Å². The number of hydrogen-bond donors (Lipinski definition) is 2. The van der Waals surface area contributed by atoms with E-state index in [1.165, 1.54) is 0 Å². The van der Waals surface area contributed by atoms with Crippen molar-refractivity contribution in [2.45, 2.75) is 30.7 Å². The first-order valence-electron chi connectivity index (χ1n) is 7.43. The van der Waals surface area contributed by atoms with Crippen molar-refractivity contribution in [1.82, 2.24) is 4.90 Å². The van der Waals surface area contributed by atoms with Crippen LogP contribution in [0.5, 0.6) is 0 Å². The number of likely N-dealkylation sites (tertiary alicyclic amines) is 1. The van der Waals surface area contributed by atoms with Gasteiger partial charge in [0.15, 0.2) is 0 Å². The molecule has 1 fully saturated rings. The summed E-state index contributed by atoms with van der Waals surface area (Å²) in [6, 6.07) is 7.34. The van der Waals surface area contributed by atoms with Crippen molar-refractivity contribution in [3.05, 3.63) is 24.3 Å². The second-order valence-corrected chi connectivity index (χ2v) is 6.39. The molecule has 1 aliphatic rings. The summed E-state index contributed by atoms with van der Waals surface area (Å²) in [5.41, 5.74) is 0.804. The molecule has 1 heterocycles. The minimum atomic E-state index is -0.773. The number of piperidine rings is 1. The third-order valence-corrected chi connectivity index (χ3v) is 4.89. The molecule has 1 saturated heterocycles. The van der Waals surface area contributed by atoms with Crippen molar-refractivity contribution in [2.75, 3.05) is 24.7 Å². The second-order valence-electron chi connectivity index (χ2n) is 5.54. The molecular formula is C16H23ClN2O3S. The van der Waals surface area contributed by atoms with E-state index in [1.807, 2.05) is 42.3 Å². The molecule has 0 radical (unpaired) electrons. The number of nitrogens with zero attached hydrogens (tertiary/aromatic N) is 1. The van der Waals surface area contributed by atoms with Gasteiger partial charge in [0.25, 0.3) is 0 Å². The Hall–Kier alpha value is -1.24. The molecule has 0 aliphatic carbocycles. The van der Waals surface area contributed by atoms with Crippen LogP contribution in [0, 0.1) is 5.92 Å². The predicted molar refractivity (Wildman–Crippen MR) is 95.5 cm³/mol. The normalized spacial score (nSPS) is 19.5. The van der Waals surface area contributed by atoms with Crippen LogP contribution in [0.25, 0.3) is 0 Å². The highest BCUT2D eigenvalue weighted by Crippen LogP contribution is 2.25. The minimum Gasteiger partial charge on any atom is -0.481 e. The van der Waals surface area contributed by atoms with Crippen molar-refractivity contribution < 1.29 is 14.7 Å². The number of carbonyl (C=O) groups is 2. The fourth-order valence-electron chi connectivity index (χ4n) is 2.71. The van der Waals surface area contributed by atoms with E-state index in [0.29, 0.717) is 13.0 Å². The lowest BCUT2D eigenvalue weighted by Gasteiger charge is -2.34. The van der Waals surface area contributed by atoms with Gasteiger partial charge in [0, 0.05) is 11.4 Å². The summed E-state index contributed by atoms with van der Waals surface area (Å²) in [4.78, 5) is 26.6. The first kappa shape index (κ1) is 19.8. The van der Waals surface area contributed by atoms with Gasteiger partial charge in [-0.05, 0) is 44.7 Å². The summed E-state index contributed by atoms with van der Waals surface area (Å²) in [6.07, 6.45) is 3.47. The average Bonchev–Trinajstić information content (AvgIpc) is 2.54. The molecule has 0 aromatic heterocycles. The molecule has 0 bridgehead atoms. The van der Waals surface area contributed by atoms with Gasteiger partial charge in [-0.1, -0.05) is 12.1 Å². The Morgan fingerprint density at radius 2 is 2.09 bits per heavy atom. The summed E-state index contributed by atoms with van der Waals surface area (Å²) in [5, 5.41) is 12.1. The maximum absolute atomic E-state index is 12.4. The van der Waals surface area contributed by atoms with E-state index in [2.05, 4.69) is 5.32 Å². The predicted octanol–water partition coefficient (Wildman–Crippen LogP) is 2.95. The Morgan fingerprint density at radius 1 is 1.39 bits per heavy atom. The number of carbonyl (C=O) groups excluding carboxylic acids is 1. The van der Waals surface area contributed by atoms with E-state index in [1.54, 1.807) is 11.8 Å². The maximum Gasteiger partial charge on any atom is 0.307 e. The molecule has 1 amide bonds. The lowest BCUT2D eigenvalue weighted by atomic mass is 9.97. The van der Waals surface area contributed by atoms with Crippen molar-refractivity contribution in [1.29, 1.82) is 0 Å². The van der Waals surface area contributed by atoms with Gasteiger partial charge >= 0.3 is 5.97 Å². The smallest absolute Gasteiger partial charge is 0.307 e. The number of anilines is 1. The third kappa shape index (κ3) is 5.12. The number of para-hydroxylation sites is 1. The van der Waals surface area contributed by atoms with Crippen molar-refractivity contribution >= 4 is 41.7 Å². The number of aliphatic carboxylic acids is 1. The molecule has 7 heteroatoms. The number of carboxylic acid groups (broad SMARTS) is 1. The number of amides is 1. The molecule has 128 valence electrons. The Bertz CT molecular complexity index is 556. The van der Waals surface area contributed by atoms with E-state index < -0.39 is 5.97 Å². The highest BCUT2D eigenvalue weighted by molar-refractivity contribution is 7.98. The summed E-state index contributed by atoms with van der Waals surface area (Å²) >= 11 is 1.58. The van der Waals surface area contributed by atoms with Gasteiger partial charge in [0.05, 0.1) is 17.6 Å². The van der Waals surface area contributed by atoms with Gasteiger partial charge in [-0.2, -0.15) is 0 Å². The first-order valence-corrected chi connectivity index (χ1v) is 8.66. The molecule has 1 aliphatic heterocycles. The SMILES string of the molecule is CSc1ccccc1NC(=O)C(C)N1CCCC(C(=O)O)C1.Cl. The minimum absolute atomic E-state index is 0. The third-order valence-electron chi connectivity index (χ3n) is 4.09. The zero-order chi connectivity index (χ0) is 16.1. The standard InChI is InChI=1S/C16H22N2O3S.ClH/c1-11(18-9-5-6-12(10-18)16(20)21)15(19)17-13-7-3-4-8-14(13)22-2;/h3-4,7-8,11-12H,5-6,9-10H2,1-2H3,(H,17,19)(H,20,21);1H. The van der Waals surface area contributed by atoms with Crippen LogP contribution in [0.15, 0.2) is 29.2 Å². The van der Waals surface area contributed by atoms with Gasteiger partial charge in [-0.25, -0.2) is 0 Å². The van der Waals surface area contributed by atoms with Gasteiger partial charge in [0.1, 0.15) is 0 Å². The highest BCUT2D eigenvalue weighted by atomic mass is 35.5. The molecule has 2 atom stereocenters. The largest absolute Gasteiger partial charge is 0.481 e. The zero-order valence-electron chi connectivity index (χ0n) is 13.3. The second kappa shape index (κ2) is 9.15. The van der Waals surface area contributed by atoms with Crippen LogP contribution in [-0.2, 0) is 9.59 Å². The Morgan fingerprint density at radius 3 is 2.74 bits per heavy atom. The summed E-state index contributed by atoms with van der Waals surface area (Å²) in [6.45, 7) is 3.04. The van der Waals surface area contributed by atoms with E-state index in [-0.39, 0.29) is 30.3 Å². The molecule has 2 N–H and O–H groups in total. The summed E-state index contributed by atoms with van der Waals surface area (Å²) in [5.74, 6) is -1.24.